The second kappa shape index (κ2) is 12.5. The van der Waals surface area contributed by atoms with Crippen LogP contribution in [0, 0.1) is 0 Å². The Morgan fingerprint density at radius 2 is 1.41 bits per heavy atom. The van der Waals surface area contributed by atoms with Gasteiger partial charge in [-0.3, -0.25) is 0 Å². The Hall–Kier alpha value is -3.88. The Morgan fingerprint density at radius 3 is 1.93 bits per heavy atom. The van der Waals surface area contributed by atoms with Crippen LogP contribution in [0.25, 0.3) is 0 Å². The smallest absolute Gasteiger partial charge is 0.338 e. The number of carbonyl (C=O) groups is 4. The van der Waals surface area contributed by atoms with Crippen molar-refractivity contribution in [1.29, 1.82) is 0 Å². The molecule has 1 rings (SSSR count). The van der Waals surface area contributed by atoms with Crippen LogP contribution in [0.5, 0.6) is 0 Å². The highest BCUT2D eigenvalue weighted by molar-refractivity contribution is 6.00. The monoisotopic (exact) mass is 406 g/mol. The van der Waals surface area contributed by atoms with Gasteiger partial charge in [0, 0.05) is 6.08 Å². The van der Waals surface area contributed by atoms with Crippen LogP contribution in [0.15, 0.2) is 49.4 Å². The van der Waals surface area contributed by atoms with Crippen LogP contribution in [0.2, 0.25) is 0 Å². The molecule has 0 aliphatic rings. The molecule has 29 heavy (non-hydrogen) atoms. The molecular weight excluding hydrogens is 388 g/mol. The molecule has 0 unspecified atom stereocenters. The van der Waals surface area contributed by atoms with E-state index >= 15 is 0 Å². The molecular formula is C19H18O10. The van der Waals surface area contributed by atoms with Crippen molar-refractivity contribution < 1.29 is 48.3 Å². The summed E-state index contributed by atoms with van der Waals surface area (Å²) in [5, 5.41) is 9.17. The van der Waals surface area contributed by atoms with Gasteiger partial charge in [0.25, 0.3) is 0 Å². The fraction of sp³-hybridized carbons (Fsp3) is 0.211. The standard InChI is InChI=1S/C19H18O10/c1-3-5-28-29-9-8-27-19(24)15-11-13(17(21)22)10-14(12-15)18(23)26-7-6-25-16(20)4-2/h4-5,10-12H,1-2,6-9H2,(H,21,22). The Kier molecular flexibility index (Phi) is 9.98. The third kappa shape index (κ3) is 8.57. The molecule has 0 amide bonds. The quantitative estimate of drug-likeness (QED) is 0.0798. The van der Waals surface area contributed by atoms with E-state index in [-0.39, 0.29) is 43.1 Å². The number of esters is 3. The minimum Gasteiger partial charge on any atom is -0.478 e. The molecule has 154 valence electrons. The number of ether oxygens (including phenoxy) is 3. The fourth-order valence-corrected chi connectivity index (χ4v) is 1.77. The van der Waals surface area contributed by atoms with Crippen LogP contribution in [-0.2, 0) is 28.8 Å². The normalized spacial score (nSPS) is 9.52. The molecule has 0 aliphatic heterocycles. The first-order chi connectivity index (χ1) is 13.9. The molecule has 0 aliphatic carbocycles. The summed E-state index contributed by atoms with van der Waals surface area (Å²) in [7, 11) is 0. The third-order valence-electron chi connectivity index (χ3n) is 2.98. The molecule has 1 aromatic carbocycles. The van der Waals surface area contributed by atoms with E-state index in [0.29, 0.717) is 0 Å². The highest BCUT2D eigenvalue weighted by atomic mass is 17.2. The zero-order chi connectivity index (χ0) is 21.6. The van der Waals surface area contributed by atoms with Crippen LogP contribution < -0.4 is 0 Å². The Balaban J connectivity index is 2.74. The number of carbonyl (C=O) groups excluding carboxylic acids is 3. The van der Waals surface area contributed by atoms with E-state index in [4.69, 9.17) is 9.47 Å². The molecule has 0 atom stereocenters. The van der Waals surface area contributed by atoms with Gasteiger partial charge in [-0.15, -0.1) is 0 Å². The molecule has 0 aromatic heterocycles. The van der Waals surface area contributed by atoms with Crippen molar-refractivity contribution >= 4 is 23.9 Å². The summed E-state index contributed by atoms with van der Waals surface area (Å²) in [6.45, 7) is 5.66. The summed E-state index contributed by atoms with van der Waals surface area (Å²) >= 11 is 0. The number of hydrogen-bond acceptors (Lipinski definition) is 9. The summed E-state index contributed by atoms with van der Waals surface area (Å²) in [5.41, 5.74) is 1.61. The number of aromatic carboxylic acids is 1. The third-order valence-corrected chi connectivity index (χ3v) is 2.98. The van der Waals surface area contributed by atoms with Crippen molar-refractivity contribution in [2.75, 3.05) is 26.4 Å². The highest BCUT2D eigenvalue weighted by Gasteiger charge is 2.18. The maximum atomic E-state index is 12.1. The van der Waals surface area contributed by atoms with E-state index in [9.17, 15) is 24.3 Å². The lowest BCUT2D eigenvalue weighted by molar-refractivity contribution is -0.252. The van der Waals surface area contributed by atoms with Crippen molar-refractivity contribution in [2.45, 2.75) is 0 Å². The van der Waals surface area contributed by atoms with Crippen molar-refractivity contribution in [3.63, 3.8) is 0 Å². The lowest BCUT2D eigenvalue weighted by Crippen LogP contribution is -2.16. The predicted molar refractivity (Wildman–Crippen MR) is 95.9 cm³/mol. The van der Waals surface area contributed by atoms with Gasteiger partial charge >= 0.3 is 23.9 Å². The zero-order valence-electron chi connectivity index (χ0n) is 15.3. The van der Waals surface area contributed by atoms with Gasteiger partial charge in [-0.25, -0.2) is 19.2 Å². The molecule has 0 saturated heterocycles. The predicted octanol–water partition coefficient (Wildman–Crippen LogP) is 1.67. The van der Waals surface area contributed by atoms with Crippen LogP contribution in [0.4, 0.5) is 0 Å². The van der Waals surface area contributed by atoms with Gasteiger partial charge in [-0.2, -0.15) is 4.89 Å². The van der Waals surface area contributed by atoms with Gasteiger partial charge in [0.2, 0.25) is 0 Å². The summed E-state index contributed by atoms with van der Waals surface area (Å²) in [6.07, 6.45) is 2.00. The van der Waals surface area contributed by atoms with E-state index in [1.165, 1.54) is 0 Å². The molecule has 1 N–H and O–H groups in total. The molecule has 0 bridgehead atoms. The lowest BCUT2D eigenvalue weighted by Gasteiger charge is -2.09. The zero-order valence-corrected chi connectivity index (χ0v) is 15.3. The van der Waals surface area contributed by atoms with E-state index in [1.807, 2.05) is 0 Å². The lowest BCUT2D eigenvalue weighted by atomic mass is 10.1. The number of carboxylic acid groups (broad SMARTS) is 1. The summed E-state index contributed by atoms with van der Waals surface area (Å²) in [5.74, 6) is -3.84. The molecule has 1 aromatic rings. The van der Waals surface area contributed by atoms with Crippen molar-refractivity contribution in [3.05, 3.63) is 66.1 Å². The first kappa shape index (κ1) is 23.2. The van der Waals surface area contributed by atoms with Crippen LogP contribution >= 0.6 is 0 Å². The SMILES string of the molecule is C=C=COOCCOC(=O)c1cc(C(=O)O)cc(C(=O)OCCOC(=O)C=C)c1. The maximum absolute atomic E-state index is 12.1. The van der Waals surface area contributed by atoms with E-state index in [2.05, 4.69) is 33.4 Å². The minimum atomic E-state index is -1.36. The number of hydrogen-bond donors (Lipinski definition) is 1. The Morgan fingerprint density at radius 1 is 0.897 bits per heavy atom. The average molecular weight is 406 g/mol. The van der Waals surface area contributed by atoms with E-state index in [1.54, 1.807) is 0 Å². The Labute approximate surface area is 165 Å². The summed E-state index contributed by atoms with van der Waals surface area (Å²) in [4.78, 5) is 55.4. The number of rotatable bonds is 12. The first-order valence-electron chi connectivity index (χ1n) is 8.03. The topological polar surface area (TPSA) is 135 Å². The van der Waals surface area contributed by atoms with Crippen LogP contribution in [0.1, 0.15) is 31.1 Å². The van der Waals surface area contributed by atoms with Gasteiger partial charge in [-0.05, 0) is 18.2 Å². The van der Waals surface area contributed by atoms with Gasteiger partial charge in [0.15, 0.2) is 6.26 Å². The van der Waals surface area contributed by atoms with Crippen molar-refractivity contribution in [3.8, 4) is 0 Å². The summed E-state index contributed by atoms with van der Waals surface area (Å²) < 4.78 is 14.4. The second-order valence-electron chi connectivity index (χ2n) is 4.99. The largest absolute Gasteiger partial charge is 0.478 e. The molecule has 10 nitrogen and oxygen atoms in total. The first-order valence-corrected chi connectivity index (χ1v) is 8.03. The van der Waals surface area contributed by atoms with Gasteiger partial charge in [0.05, 0.1) is 16.7 Å². The van der Waals surface area contributed by atoms with Gasteiger partial charge in [0.1, 0.15) is 26.4 Å². The summed E-state index contributed by atoms with van der Waals surface area (Å²) in [6, 6.07) is 3.20. The van der Waals surface area contributed by atoms with E-state index in [0.717, 1.165) is 30.5 Å². The molecule has 0 fully saturated rings. The molecule has 0 spiro atoms. The molecule has 10 heteroatoms. The van der Waals surface area contributed by atoms with Crippen molar-refractivity contribution in [1.82, 2.24) is 0 Å². The van der Waals surface area contributed by atoms with Gasteiger partial charge in [-0.1, -0.05) is 18.9 Å². The van der Waals surface area contributed by atoms with Crippen LogP contribution in [-0.4, -0.2) is 55.4 Å². The Bertz CT molecular complexity index is 820. The maximum Gasteiger partial charge on any atom is 0.338 e. The van der Waals surface area contributed by atoms with Crippen LogP contribution in [0.3, 0.4) is 0 Å². The van der Waals surface area contributed by atoms with E-state index < -0.39 is 23.9 Å². The van der Waals surface area contributed by atoms with Gasteiger partial charge < -0.3 is 24.2 Å². The second-order valence-corrected chi connectivity index (χ2v) is 4.99. The molecule has 0 heterocycles. The fourth-order valence-electron chi connectivity index (χ4n) is 1.77. The number of benzene rings is 1. The number of carboxylic acids is 1. The molecule has 0 saturated carbocycles. The minimum absolute atomic E-state index is 0.110. The molecule has 0 radical (unpaired) electrons. The van der Waals surface area contributed by atoms with Crippen molar-refractivity contribution in [2.24, 2.45) is 0 Å². The highest BCUT2D eigenvalue weighted by Crippen LogP contribution is 2.13. The average Bonchev–Trinajstić information content (AvgIpc) is 2.72.